The number of allylic oxidation sites excluding steroid dienone is 6. The van der Waals surface area contributed by atoms with E-state index in [9.17, 15) is 34.2 Å². The van der Waals surface area contributed by atoms with Crippen LogP contribution in [-0.2, 0) is 19.2 Å². The molecule has 2 amide bonds. The lowest BCUT2D eigenvalue weighted by Crippen LogP contribution is -2.39. The first-order valence-corrected chi connectivity index (χ1v) is 14.0. The van der Waals surface area contributed by atoms with Gasteiger partial charge in [-0.1, -0.05) is 23.8 Å². The number of carboxylic acid groups (broad SMARTS) is 1. The number of phenolic OH excluding ortho intramolecular Hbond substituents is 1. The van der Waals surface area contributed by atoms with Crippen LogP contribution < -0.4 is 9.64 Å². The minimum Gasteiger partial charge on any atom is -0.504 e. The molecule has 41 heavy (non-hydrogen) atoms. The largest absolute Gasteiger partial charge is 0.504 e. The number of hydrogen-bond donors (Lipinski definition) is 2. The summed E-state index contributed by atoms with van der Waals surface area (Å²) in [6.45, 7) is 2.08. The van der Waals surface area contributed by atoms with Crippen LogP contribution in [0.1, 0.15) is 41.6 Å². The number of phenols is 1. The topological polar surface area (TPSA) is 138 Å². The molecule has 1 fully saturated rings. The summed E-state index contributed by atoms with van der Waals surface area (Å²) >= 11 is 3.21. The van der Waals surface area contributed by atoms with Crippen molar-refractivity contribution in [3.05, 3.63) is 86.9 Å². The highest BCUT2D eigenvalue weighted by atomic mass is 79.9. The number of halogens is 1. The highest BCUT2D eigenvalue weighted by Crippen LogP contribution is 2.56. The standard InChI is InChI=1S/C31H24BrNO8/c1-2-41-24-11-14(6-9-22(24)34)25-17-7-8-18-26(19(17)12-20-27(25)23(35)13-21(32)28(20)36)30(38)33(29(18)37)16-5-3-4-15(10-16)31(39)40/h3-7,9-11,13,18-19,25-26,34H,2,8,12H2,1H3,(H,39,40). The van der Waals surface area contributed by atoms with Gasteiger partial charge in [0.1, 0.15) is 0 Å². The van der Waals surface area contributed by atoms with E-state index in [0.717, 1.165) is 10.5 Å². The maximum absolute atomic E-state index is 14.0. The van der Waals surface area contributed by atoms with Gasteiger partial charge in [-0.05, 0) is 77.5 Å². The number of carboxylic acids is 1. The molecule has 2 aromatic carbocycles. The van der Waals surface area contributed by atoms with Crippen LogP contribution in [0.15, 0.2) is 75.8 Å². The van der Waals surface area contributed by atoms with E-state index in [1.54, 1.807) is 19.1 Å². The average Bonchev–Trinajstić information content (AvgIpc) is 3.21. The van der Waals surface area contributed by atoms with Gasteiger partial charge in [0.2, 0.25) is 11.8 Å². The van der Waals surface area contributed by atoms with Gasteiger partial charge in [0.25, 0.3) is 0 Å². The van der Waals surface area contributed by atoms with Gasteiger partial charge in [-0.25, -0.2) is 4.79 Å². The summed E-state index contributed by atoms with van der Waals surface area (Å²) in [4.78, 5) is 66.9. The number of aromatic carboxylic acids is 1. The van der Waals surface area contributed by atoms with Crippen LogP contribution in [0.4, 0.5) is 5.69 Å². The monoisotopic (exact) mass is 617 g/mol. The molecular weight excluding hydrogens is 594 g/mol. The number of hydrogen-bond acceptors (Lipinski definition) is 7. The molecule has 208 valence electrons. The molecule has 1 heterocycles. The zero-order valence-electron chi connectivity index (χ0n) is 21.8. The molecule has 4 atom stereocenters. The number of anilines is 1. The van der Waals surface area contributed by atoms with Crippen LogP contribution in [0, 0.1) is 17.8 Å². The second kappa shape index (κ2) is 9.95. The number of carbonyl (C=O) groups is 5. The Hall–Kier alpha value is -4.31. The SMILES string of the molecule is CCOc1cc(C2C3=CCC4C(=O)N(c5cccc(C(=O)O)c5)C(=O)C4C3CC3=C2C(=O)C=C(Br)C3=O)ccc1O. The summed E-state index contributed by atoms with van der Waals surface area (Å²) in [6.07, 6.45) is 3.49. The molecule has 0 radical (unpaired) electrons. The number of carbonyl (C=O) groups excluding carboxylic acids is 4. The third-order valence-corrected chi connectivity index (χ3v) is 8.89. The second-order valence-corrected chi connectivity index (χ2v) is 11.3. The highest BCUT2D eigenvalue weighted by molar-refractivity contribution is 9.12. The van der Waals surface area contributed by atoms with E-state index in [4.69, 9.17) is 4.74 Å². The molecule has 0 bridgehead atoms. The normalized spacial score (nSPS) is 25.4. The van der Waals surface area contributed by atoms with Crippen molar-refractivity contribution >= 4 is 51.0 Å². The molecule has 6 rings (SSSR count). The molecule has 1 aliphatic heterocycles. The van der Waals surface area contributed by atoms with E-state index in [-0.39, 0.29) is 57.2 Å². The molecule has 2 N–H and O–H groups in total. The van der Waals surface area contributed by atoms with Crippen LogP contribution >= 0.6 is 15.9 Å². The minimum atomic E-state index is -1.18. The van der Waals surface area contributed by atoms with E-state index < -0.39 is 41.5 Å². The van der Waals surface area contributed by atoms with Crippen LogP contribution in [0.2, 0.25) is 0 Å². The van der Waals surface area contributed by atoms with Crippen molar-refractivity contribution < 1.29 is 38.9 Å². The van der Waals surface area contributed by atoms with Crippen molar-refractivity contribution in [1.29, 1.82) is 0 Å². The third-order valence-electron chi connectivity index (χ3n) is 8.30. The molecule has 0 spiro atoms. The first kappa shape index (κ1) is 26.9. The molecule has 0 saturated carbocycles. The van der Waals surface area contributed by atoms with Gasteiger partial charge >= 0.3 is 5.97 Å². The van der Waals surface area contributed by atoms with E-state index in [0.29, 0.717) is 17.7 Å². The Morgan fingerprint density at radius 3 is 2.59 bits per heavy atom. The smallest absolute Gasteiger partial charge is 0.335 e. The molecule has 2 aromatic rings. The van der Waals surface area contributed by atoms with Gasteiger partial charge in [-0.3, -0.25) is 24.1 Å². The van der Waals surface area contributed by atoms with Crippen molar-refractivity contribution in [3.8, 4) is 11.5 Å². The van der Waals surface area contributed by atoms with Crippen molar-refractivity contribution in [2.24, 2.45) is 17.8 Å². The predicted octanol–water partition coefficient (Wildman–Crippen LogP) is 4.46. The number of imide groups is 1. The predicted molar refractivity (Wildman–Crippen MR) is 150 cm³/mol. The number of Topliss-reactive ketones (excluding diaryl/α,β-unsaturated/α-hetero) is 1. The molecule has 0 aromatic heterocycles. The second-order valence-electron chi connectivity index (χ2n) is 10.4. The van der Waals surface area contributed by atoms with E-state index >= 15 is 0 Å². The summed E-state index contributed by atoms with van der Waals surface area (Å²) in [5.74, 6) is -5.33. The molecule has 10 heteroatoms. The molecule has 4 unspecified atom stereocenters. The van der Waals surface area contributed by atoms with Crippen molar-refractivity contribution in [2.45, 2.75) is 25.7 Å². The number of ether oxygens (including phenoxy) is 1. The molecule has 4 aliphatic rings. The number of nitrogens with zero attached hydrogens (tertiary/aromatic N) is 1. The Labute approximate surface area is 242 Å². The summed E-state index contributed by atoms with van der Waals surface area (Å²) in [6, 6.07) is 10.5. The summed E-state index contributed by atoms with van der Waals surface area (Å²) in [5, 5.41) is 19.8. The fourth-order valence-corrected chi connectivity index (χ4v) is 7.05. The van der Waals surface area contributed by atoms with E-state index in [2.05, 4.69) is 15.9 Å². The lowest BCUT2D eigenvalue weighted by atomic mass is 9.59. The Kier molecular flexibility index (Phi) is 6.53. The van der Waals surface area contributed by atoms with Crippen molar-refractivity contribution in [3.63, 3.8) is 0 Å². The van der Waals surface area contributed by atoms with E-state index in [1.165, 1.54) is 36.4 Å². The van der Waals surface area contributed by atoms with Gasteiger partial charge in [-0.15, -0.1) is 0 Å². The quantitative estimate of drug-likeness (QED) is 0.285. The van der Waals surface area contributed by atoms with Crippen LogP contribution in [0.25, 0.3) is 0 Å². The van der Waals surface area contributed by atoms with Crippen LogP contribution in [0.5, 0.6) is 11.5 Å². The molecule has 1 saturated heterocycles. The third kappa shape index (κ3) is 4.16. The number of fused-ring (bicyclic) bond motifs is 3. The Bertz CT molecular complexity index is 1670. The number of amides is 2. The first-order valence-electron chi connectivity index (χ1n) is 13.2. The minimum absolute atomic E-state index is 0.0512. The lowest BCUT2D eigenvalue weighted by Gasteiger charge is -2.42. The highest BCUT2D eigenvalue weighted by Gasteiger charge is 2.56. The van der Waals surface area contributed by atoms with Gasteiger partial charge in [0.05, 0.1) is 34.2 Å². The zero-order chi connectivity index (χ0) is 29.2. The Morgan fingerprint density at radius 1 is 1.07 bits per heavy atom. The number of rotatable bonds is 5. The number of aromatic hydroxyl groups is 1. The first-order chi connectivity index (χ1) is 19.6. The number of benzene rings is 2. The van der Waals surface area contributed by atoms with Crippen molar-refractivity contribution in [1.82, 2.24) is 0 Å². The van der Waals surface area contributed by atoms with Crippen LogP contribution in [0.3, 0.4) is 0 Å². The lowest BCUT2D eigenvalue weighted by molar-refractivity contribution is -0.123. The Morgan fingerprint density at radius 2 is 1.85 bits per heavy atom. The summed E-state index contributed by atoms with van der Waals surface area (Å²) < 4.78 is 5.72. The van der Waals surface area contributed by atoms with Gasteiger partial charge < -0.3 is 14.9 Å². The van der Waals surface area contributed by atoms with E-state index in [1.807, 2.05) is 6.08 Å². The summed E-state index contributed by atoms with van der Waals surface area (Å²) in [5.41, 5.74) is 2.10. The fraction of sp³-hybridized carbons (Fsp3) is 0.258. The molecular formula is C31H24BrNO8. The molecule has 9 nitrogen and oxygen atoms in total. The average molecular weight is 618 g/mol. The van der Waals surface area contributed by atoms with Crippen molar-refractivity contribution in [2.75, 3.05) is 11.5 Å². The van der Waals surface area contributed by atoms with Gasteiger partial charge in [0.15, 0.2) is 23.1 Å². The fourth-order valence-electron chi connectivity index (χ4n) is 6.60. The number of ketones is 2. The van der Waals surface area contributed by atoms with Crippen LogP contribution in [-0.4, -0.2) is 46.2 Å². The van der Waals surface area contributed by atoms with Gasteiger partial charge in [0, 0.05) is 23.1 Å². The molecule has 3 aliphatic carbocycles. The van der Waals surface area contributed by atoms with Gasteiger partial charge in [-0.2, -0.15) is 0 Å². The zero-order valence-corrected chi connectivity index (χ0v) is 23.4. The summed E-state index contributed by atoms with van der Waals surface area (Å²) in [7, 11) is 0. The Balaban J connectivity index is 1.47. The maximum Gasteiger partial charge on any atom is 0.335 e. The maximum atomic E-state index is 14.0.